The van der Waals surface area contributed by atoms with Crippen molar-refractivity contribution in [1.29, 1.82) is 0 Å². The molecule has 3 heteroatoms. The molecule has 0 aliphatic carbocycles. The second-order valence-electron chi connectivity index (χ2n) is 6.73. The summed E-state index contributed by atoms with van der Waals surface area (Å²) in [6, 6.07) is 7.48. The first kappa shape index (κ1) is 19.7. The molecule has 0 amide bonds. The molecular weight excluding hydrogens is 288 g/mol. The van der Waals surface area contributed by atoms with Crippen LogP contribution in [0.5, 0.6) is 0 Å². The summed E-state index contributed by atoms with van der Waals surface area (Å²) in [4.78, 5) is 12.2. The van der Waals surface area contributed by atoms with Gasteiger partial charge in [0.1, 0.15) is 6.10 Å². The van der Waals surface area contributed by atoms with Crippen molar-refractivity contribution in [3.05, 3.63) is 35.4 Å². The van der Waals surface area contributed by atoms with Gasteiger partial charge in [0, 0.05) is 7.11 Å². The van der Waals surface area contributed by atoms with Crippen molar-refractivity contribution in [1.82, 2.24) is 0 Å². The van der Waals surface area contributed by atoms with Crippen molar-refractivity contribution in [2.24, 2.45) is 5.92 Å². The van der Waals surface area contributed by atoms with Gasteiger partial charge in [0.15, 0.2) is 0 Å². The summed E-state index contributed by atoms with van der Waals surface area (Å²) in [5.74, 6) is 0.526. The lowest BCUT2D eigenvalue weighted by Gasteiger charge is -2.17. The minimum atomic E-state index is -0.258. The molecular formula is C20H32O3. The van der Waals surface area contributed by atoms with Gasteiger partial charge in [-0.2, -0.15) is 0 Å². The first-order valence-electron chi connectivity index (χ1n) is 8.79. The Kier molecular flexibility index (Phi) is 9.61. The molecule has 0 bridgehead atoms. The summed E-state index contributed by atoms with van der Waals surface area (Å²) in [6.45, 7) is 6.99. The number of aryl methyl sites for hydroxylation is 1. The first-order valence-corrected chi connectivity index (χ1v) is 8.79. The fourth-order valence-corrected chi connectivity index (χ4v) is 2.55. The van der Waals surface area contributed by atoms with Crippen molar-refractivity contribution in [3.8, 4) is 0 Å². The van der Waals surface area contributed by atoms with Gasteiger partial charge in [-0.3, -0.25) is 0 Å². The number of rotatable bonds is 11. The van der Waals surface area contributed by atoms with Gasteiger partial charge in [-0.1, -0.05) is 57.2 Å². The van der Waals surface area contributed by atoms with Gasteiger partial charge < -0.3 is 9.47 Å². The van der Waals surface area contributed by atoms with E-state index in [4.69, 9.17) is 9.47 Å². The Morgan fingerprint density at radius 2 is 1.61 bits per heavy atom. The summed E-state index contributed by atoms with van der Waals surface area (Å²) in [7, 11) is 1.65. The third kappa shape index (κ3) is 8.75. The van der Waals surface area contributed by atoms with Crippen LogP contribution in [0.15, 0.2) is 24.3 Å². The average Bonchev–Trinajstić information content (AvgIpc) is 2.51. The molecule has 0 aliphatic heterocycles. The lowest BCUT2D eigenvalue weighted by atomic mass is 10.0. The maximum atomic E-state index is 12.2. The molecule has 0 aliphatic rings. The predicted molar refractivity (Wildman–Crippen MR) is 94.8 cm³/mol. The van der Waals surface area contributed by atoms with Crippen LogP contribution >= 0.6 is 0 Å². The van der Waals surface area contributed by atoms with Crippen LogP contribution in [0.3, 0.4) is 0 Å². The van der Waals surface area contributed by atoms with Gasteiger partial charge in [0.25, 0.3) is 0 Å². The fourth-order valence-electron chi connectivity index (χ4n) is 2.55. The Morgan fingerprint density at radius 1 is 1.00 bits per heavy atom. The zero-order chi connectivity index (χ0) is 17.1. The molecule has 0 fully saturated rings. The van der Waals surface area contributed by atoms with Crippen molar-refractivity contribution < 1.29 is 14.3 Å². The highest BCUT2D eigenvalue weighted by molar-refractivity contribution is 5.89. The maximum Gasteiger partial charge on any atom is 0.338 e. The molecule has 1 aromatic rings. The lowest BCUT2D eigenvalue weighted by Crippen LogP contribution is -2.23. The molecule has 1 aromatic carbocycles. The van der Waals surface area contributed by atoms with Gasteiger partial charge in [-0.05, 0) is 37.8 Å². The van der Waals surface area contributed by atoms with Crippen LogP contribution in [-0.2, 0) is 9.47 Å². The van der Waals surface area contributed by atoms with E-state index < -0.39 is 0 Å². The normalized spacial score (nSPS) is 12.4. The largest absolute Gasteiger partial charge is 0.456 e. The highest BCUT2D eigenvalue weighted by Crippen LogP contribution is 2.14. The van der Waals surface area contributed by atoms with Gasteiger partial charge >= 0.3 is 5.97 Å². The minimum absolute atomic E-state index is 0.154. The van der Waals surface area contributed by atoms with Crippen LogP contribution in [0, 0.1) is 12.8 Å². The van der Waals surface area contributed by atoms with E-state index in [1.54, 1.807) is 7.11 Å². The number of esters is 1. The SMILES string of the molecule is COCC(CCCCCCC(C)C)OC(=O)c1ccc(C)cc1. The molecule has 1 unspecified atom stereocenters. The van der Waals surface area contributed by atoms with Crippen molar-refractivity contribution in [2.75, 3.05) is 13.7 Å². The van der Waals surface area contributed by atoms with E-state index in [2.05, 4.69) is 13.8 Å². The van der Waals surface area contributed by atoms with Crippen LogP contribution < -0.4 is 0 Å². The molecule has 1 rings (SSSR count). The Morgan fingerprint density at radius 3 is 2.17 bits per heavy atom. The van der Waals surface area contributed by atoms with E-state index in [0.29, 0.717) is 12.2 Å². The monoisotopic (exact) mass is 320 g/mol. The third-order valence-corrected chi connectivity index (χ3v) is 3.97. The van der Waals surface area contributed by atoms with Crippen LogP contribution in [-0.4, -0.2) is 25.8 Å². The third-order valence-electron chi connectivity index (χ3n) is 3.97. The minimum Gasteiger partial charge on any atom is -0.456 e. The summed E-state index contributed by atoms with van der Waals surface area (Å²) in [6.07, 6.45) is 6.82. The van der Waals surface area contributed by atoms with E-state index in [9.17, 15) is 4.79 Å². The first-order chi connectivity index (χ1) is 11.0. The summed E-state index contributed by atoms with van der Waals surface area (Å²) >= 11 is 0. The number of carbonyl (C=O) groups is 1. The van der Waals surface area contributed by atoms with Crippen LogP contribution in [0.25, 0.3) is 0 Å². The number of hydrogen-bond acceptors (Lipinski definition) is 3. The van der Waals surface area contributed by atoms with Gasteiger partial charge in [-0.15, -0.1) is 0 Å². The molecule has 0 spiro atoms. The maximum absolute atomic E-state index is 12.2. The molecule has 3 nitrogen and oxygen atoms in total. The average molecular weight is 320 g/mol. The molecule has 23 heavy (non-hydrogen) atoms. The Hall–Kier alpha value is -1.35. The second kappa shape index (κ2) is 11.2. The van der Waals surface area contributed by atoms with Crippen LogP contribution in [0.1, 0.15) is 68.3 Å². The standard InChI is InChI=1S/C20H32O3/c1-16(2)9-7-5-6-8-10-19(15-22-4)23-20(21)18-13-11-17(3)12-14-18/h11-14,16,19H,5-10,15H2,1-4H3. The zero-order valence-corrected chi connectivity index (χ0v) is 15.1. The number of carbonyl (C=O) groups excluding carboxylic acids is 1. The fraction of sp³-hybridized carbons (Fsp3) is 0.650. The van der Waals surface area contributed by atoms with E-state index in [-0.39, 0.29) is 12.1 Å². The van der Waals surface area contributed by atoms with Gasteiger partial charge in [0.2, 0.25) is 0 Å². The number of ether oxygens (including phenoxy) is 2. The molecule has 0 saturated heterocycles. The molecule has 0 saturated carbocycles. The van der Waals surface area contributed by atoms with Gasteiger partial charge in [-0.25, -0.2) is 4.79 Å². The molecule has 0 heterocycles. The number of hydrogen-bond donors (Lipinski definition) is 0. The topological polar surface area (TPSA) is 35.5 Å². The van der Waals surface area contributed by atoms with Crippen LogP contribution in [0.2, 0.25) is 0 Å². The second-order valence-corrected chi connectivity index (χ2v) is 6.73. The Bertz CT molecular complexity index is 437. The Balaban J connectivity index is 2.33. The number of unbranched alkanes of at least 4 members (excludes halogenated alkanes) is 3. The van der Waals surface area contributed by atoms with Crippen LogP contribution in [0.4, 0.5) is 0 Å². The number of methoxy groups -OCH3 is 1. The van der Waals surface area contributed by atoms with E-state index >= 15 is 0 Å². The summed E-state index contributed by atoms with van der Waals surface area (Å²) < 4.78 is 10.8. The van der Waals surface area contributed by atoms with Gasteiger partial charge in [0.05, 0.1) is 12.2 Å². The summed E-state index contributed by atoms with van der Waals surface area (Å²) in [5, 5.41) is 0. The van der Waals surface area contributed by atoms with E-state index in [1.165, 1.54) is 25.7 Å². The quantitative estimate of drug-likeness (QED) is 0.417. The lowest BCUT2D eigenvalue weighted by molar-refractivity contribution is 0.00237. The van der Waals surface area contributed by atoms with Crippen molar-refractivity contribution in [3.63, 3.8) is 0 Å². The van der Waals surface area contributed by atoms with Crippen molar-refractivity contribution in [2.45, 2.75) is 65.4 Å². The molecule has 1 atom stereocenters. The summed E-state index contributed by atoms with van der Waals surface area (Å²) in [5.41, 5.74) is 1.74. The highest BCUT2D eigenvalue weighted by Gasteiger charge is 2.15. The van der Waals surface area contributed by atoms with E-state index in [1.807, 2.05) is 31.2 Å². The predicted octanol–water partition coefficient (Wildman–Crippen LogP) is 5.16. The highest BCUT2D eigenvalue weighted by atomic mass is 16.6. The molecule has 0 N–H and O–H groups in total. The molecule has 0 radical (unpaired) electrons. The molecule has 130 valence electrons. The molecule has 0 aromatic heterocycles. The Labute approximate surface area is 141 Å². The zero-order valence-electron chi connectivity index (χ0n) is 15.1. The smallest absolute Gasteiger partial charge is 0.338 e. The number of benzene rings is 1. The van der Waals surface area contributed by atoms with Crippen molar-refractivity contribution >= 4 is 5.97 Å². The van der Waals surface area contributed by atoms with E-state index in [0.717, 1.165) is 24.3 Å².